The van der Waals surface area contributed by atoms with Crippen LogP contribution in [-0.4, -0.2) is 31.7 Å². The Labute approximate surface area is 159 Å². The van der Waals surface area contributed by atoms with Gasteiger partial charge in [-0.2, -0.15) is 0 Å². The van der Waals surface area contributed by atoms with Gasteiger partial charge in [0.05, 0.1) is 19.4 Å². The second-order valence-electron chi connectivity index (χ2n) is 6.11. The molecule has 1 unspecified atom stereocenters. The molecule has 0 saturated heterocycles. The lowest BCUT2D eigenvalue weighted by Crippen LogP contribution is -2.26. The molecule has 2 aromatic rings. The number of benzene rings is 2. The van der Waals surface area contributed by atoms with Crippen molar-refractivity contribution in [3.63, 3.8) is 0 Å². The number of hydrogen-bond acceptors (Lipinski definition) is 5. The van der Waals surface area contributed by atoms with Crippen LogP contribution in [0.1, 0.15) is 36.2 Å². The van der Waals surface area contributed by atoms with Gasteiger partial charge < -0.3 is 19.5 Å². The third-order valence-electron chi connectivity index (χ3n) is 3.81. The van der Waals surface area contributed by atoms with Gasteiger partial charge in [-0.25, -0.2) is 4.79 Å². The Kier molecular flexibility index (Phi) is 7.23. The Hall–Kier alpha value is -3.02. The van der Waals surface area contributed by atoms with Crippen LogP contribution in [0.25, 0.3) is 0 Å². The summed E-state index contributed by atoms with van der Waals surface area (Å²) in [5.74, 6) is 0.403. The van der Waals surface area contributed by atoms with E-state index in [1.54, 1.807) is 44.4 Å². The Morgan fingerprint density at radius 2 is 1.81 bits per heavy atom. The van der Waals surface area contributed by atoms with Crippen LogP contribution >= 0.6 is 0 Å². The summed E-state index contributed by atoms with van der Waals surface area (Å²) in [4.78, 5) is 24.2. The van der Waals surface area contributed by atoms with E-state index in [1.165, 1.54) is 0 Å². The second-order valence-corrected chi connectivity index (χ2v) is 6.11. The van der Waals surface area contributed by atoms with Gasteiger partial charge in [0.1, 0.15) is 11.5 Å². The number of hydrogen-bond donors (Lipinski definition) is 1. The van der Waals surface area contributed by atoms with Crippen molar-refractivity contribution >= 4 is 17.6 Å². The quantitative estimate of drug-likeness (QED) is 0.711. The molecular formula is C21H25NO5. The maximum Gasteiger partial charge on any atom is 0.347 e. The van der Waals surface area contributed by atoms with Gasteiger partial charge in [0, 0.05) is 5.56 Å². The molecule has 0 heterocycles. The van der Waals surface area contributed by atoms with E-state index in [9.17, 15) is 9.59 Å². The summed E-state index contributed by atoms with van der Waals surface area (Å²) in [5, 5.41) is 2.84. The summed E-state index contributed by atoms with van der Waals surface area (Å²) in [5.41, 5.74) is 2.08. The summed E-state index contributed by atoms with van der Waals surface area (Å²) in [6.07, 6.45) is 0.0429. The molecule has 0 radical (unpaired) electrons. The van der Waals surface area contributed by atoms with Crippen molar-refractivity contribution in [3.05, 3.63) is 53.6 Å². The number of carbonyl (C=O) groups excluding carboxylic acids is 2. The summed E-state index contributed by atoms with van der Waals surface area (Å²) >= 11 is 0. The first-order valence-corrected chi connectivity index (χ1v) is 8.84. The predicted octanol–water partition coefficient (Wildman–Crippen LogP) is 3.98. The predicted molar refractivity (Wildman–Crippen MR) is 103 cm³/mol. The average molecular weight is 371 g/mol. The minimum absolute atomic E-state index is 0.263. The number of aryl methyl sites for hydroxylation is 1. The van der Waals surface area contributed by atoms with Crippen LogP contribution < -0.4 is 14.8 Å². The molecule has 2 aromatic carbocycles. The van der Waals surface area contributed by atoms with Gasteiger partial charge >= 0.3 is 5.97 Å². The van der Waals surface area contributed by atoms with Gasteiger partial charge in [-0.15, -0.1) is 0 Å². The van der Waals surface area contributed by atoms with E-state index < -0.39 is 12.1 Å². The Morgan fingerprint density at radius 1 is 1.11 bits per heavy atom. The summed E-state index contributed by atoms with van der Waals surface area (Å²) < 4.78 is 15.9. The molecule has 6 nitrogen and oxygen atoms in total. The van der Waals surface area contributed by atoms with Crippen molar-refractivity contribution in [1.29, 1.82) is 0 Å². The fourth-order valence-electron chi connectivity index (χ4n) is 2.37. The number of amides is 1. The van der Waals surface area contributed by atoms with E-state index in [1.807, 2.05) is 26.0 Å². The van der Waals surface area contributed by atoms with Gasteiger partial charge in [0.2, 0.25) is 0 Å². The lowest BCUT2D eigenvalue weighted by Gasteiger charge is -2.14. The van der Waals surface area contributed by atoms with Gasteiger partial charge in [0.15, 0.2) is 6.10 Å². The molecule has 1 amide bonds. The fraction of sp³-hybridized carbons (Fsp3) is 0.333. The number of ether oxygens (including phenoxy) is 3. The highest BCUT2D eigenvalue weighted by Gasteiger charge is 2.16. The van der Waals surface area contributed by atoms with Gasteiger partial charge in [-0.1, -0.05) is 13.0 Å². The van der Waals surface area contributed by atoms with E-state index in [0.717, 1.165) is 12.0 Å². The van der Waals surface area contributed by atoms with E-state index in [2.05, 4.69) is 5.32 Å². The maximum atomic E-state index is 12.5. The largest absolute Gasteiger partial charge is 0.495 e. The number of esters is 1. The van der Waals surface area contributed by atoms with Crippen molar-refractivity contribution in [2.75, 3.05) is 19.0 Å². The topological polar surface area (TPSA) is 73.9 Å². The van der Waals surface area contributed by atoms with Crippen LogP contribution in [0, 0.1) is 6.92 Å². The third kappa shape index (κ3) is 5.74. The van der Waals surface area contributed by atoms with E-state index in [4.69, 9.17) is 14.2 Å². The molecule has 1 N–H and O–H groups in total. The lowest BCUT2D eigenvalue weighted by molar-refractivity contribution is -0.151. The number of nitrogens with one attached hydrogen (secondary N) is 1. The normalized spacial score (nSPS) is 11.4. The first-order valence-electron chi connectivity index (χ1n) is 8.84. The molecule has 0 aromatic heterocycles. The zero-order valence-corrected chi connectivity index (χ0v) is 16.1. The minimum Gasteiger partial charge on any atom is -0.495 e. The first-order chi connectivity index (χ1) is 12.9. The molecule has 1 atom stereocenters. The van der Waals surface area contributed by atoms with Crippen LogP contribution in [0.4, 0.5) is 5.69 Å². The zero-order chi connectivity index (χ0) is 19.8. The Balaban J connectivity index is 2.01. The highest BCUT2D eigenvalue weighted by Crippen LogP contribution is 2.26. The van der Waals surface area contributed by atoms with Crippen molar-refractivity contribution < 1.29 is 23.8 Å². The lowest BCUT2D eigenvalue weighted by atomic mass is 10.1. The molecule has 0 saturated carbocycles. The summed E-state index contributed by atoms with van der Waals surface area (Å²) in [6, 6.07) is 12.1. The third-order valence-corrected chi connectivity index (χ3v) is 3.81. The molecule has 2 rings (SSSR count). The van der Waals surface area contributed by atoms with E-state index >= 15 is 0 Å². The molecule has 6 heteroatoms. The van der Waals surface area contributed by atoms with Crippen LogP contribution in [0.3, 0.4) is 0 Å². The van der Waals surface area contributed by atoms with Gasteiger partial charge in [-0.3, -0.25) is 4.79 Å². The Morgan fingerprint density at radius 3 is 2.44 bits per heavy atom. The molecule has 0 fully saturated rings. The van der Waals surface area contributed by atoms with Crippen molar-refractivity contribution in [2.24, 2.45) is 0 Å². The van der Waals surface area contributed by atoms with Crippen molar-refractivity contribution in [3.8, 4) is 11.5 Å². The molecule has 27 heavy (non-hydrogen) atoms. The molecule has 0 spiro atoms. The summed E-state index contributed by atoms with van der Waals surface area (Å²) in [6.45, 7) is 5.86. The summed E-state index contributed by atoms with van der Waals surface area (Å²) in [7, 11) is 1.55. The molecule has 0 aliphatic rings. The van der Waals surface area contributed by atoms with Gasteiger partial charge in [0.25, 0.3) is 5.91 Å². The molecule has 0 bridgehead atoms. The second kappa shape index (κ2) is 9.62. The van der Waals surface area contributed by atoms with Crippen LogP contribution in [0.5, 0.6) is 11.5 Å². The Bertz CT molecular complexity index is 786. The zero-order valence-electron chi connectivity index (χ0n) is 16.1. The number of methoxy groups -OCH3 is 1. The van der Waals surface area contributed by atoms with Crippen LogP contribution in [0.15, 0.2) is 42.5 Å². The van der Waals surface area contributed by atoms with Crippen LogP contribution in [0.2, 0.25) is 0 Å². The monoisotopic (exact) mass is 371 g/mol. The SMILES string of the molecule is CCCOC(=O)C(C)Oc1ccc(C(=O)Nc2cc(C)ccc2OC)cc1. The van der Waals surface area contributed by atoms with E-state index in [0.29, 0.717) is 29.4 Å². The highest BCUT2D eigenvalue weighted by atomic mass is 16.6. The van der Waals surface area contributed by atoms with Crippen molar-refractivity contribution in [1.82, 2.24) is 0 Å². The van der Waals surface area contributed by atoms with Crippen LogP contribution in [-0.2, 0) is 9.53 Å². The fourth-order valence-corrected chi connectivity index (χ4v) is 2.37. The number of anilines is 1. The molecule has 0 aliphatic heterocycles. The highest BCUT2D eigenvalue weighted by molar-refractivity contribution is 6.05. The first kappa shape index (κ1) is 20.3. The molecular weight excluding hydrogens is 346 g/mol. The minimum atomic E-state index is -0.715. The average Bonchev–Trinajstić information content (AvgIpc) is 2.66. The van der Waals surface area contributed by atoms with Crippen molar-refractivity contribution in [2.45, 2.75) is 33.3 Å². The standard InChI is InChI=1S/C21H25NO5/c1-5-12-26-21(24)15(3)27-17-9-7-16(8-10-17)20(23)22-18-13-14(2)6-11-19(18)25-4/h6-11,13,15H,5,12H2,1-4H3,(H,22,23). The maximum absolute atomic E-state index is 12.5. The van der Waals surface area contributed by atoms with E-state index in [-0.39, 0.29) is 5.91 Å². The van der Waals surface area contributed by atoms with Gasteiger partial charge in [-0.05, 0) is 62.2 Å². The smallest absolute Gasteiger partial charge is 0.347 e. The molecule has 144 valence electrons. The number of carbonyl (C=O) groups is 2. The number of rotatable bonds is 8. The molecule has 0 aliphatic carbocycles.